The number of hydrogen-bond acceptors (Lipinski definition) is 4. The Morgan fingerprint density at radius 3 is 3.10 bits per heavy atom. The average molecular weight is 274 g/mol. The van der Waals surface area contributed by atoms with E-state index in [0.717, 1.165) is 36.4 Å². The Balaban J connectivity index is 1.71. The van der Waals surface area contributed by atoms with Gasteiger partial charge in [-0.3, -0.25) is 9.89 Å². The number of hydrogen-bond donors (Lipinski definition) is 1. The topological polar surface area (TPSA) is 75.0 Å². The van der Waals surface area contributed by atoms with Crippen LogP contribution in [-0.2, 0) is 6.42 Å². The average Bonchev–Trinajstić information content (AvgIpc) is 3.17. The third-order valence-electron chi connectivity index (χ3n) is 3.88. The minimum atomic E-state index is -0.0480. The molecule has 1 atom stereocenters. The number of likely N-dealkylation sites (tertiary alicyclic amines) is 1. The lowest BCUT2D eigenvalue weighted by Gasteiger charge is -2.14. The van der Waals surface area contributed by atoms with Crippen LogP contribution in [0.2, 0.25) is 0 Å². The van der Waals surface area contributed by atoms with Crippen molar-refractivity contribution in [1.82, 2.24) is 20.3 Å². The monoisotopic (exact) mass is 274 g/mol. The van der Waals surface area contributed by atoms with Crippen LogP contribution in [0.25, 0.3) is 0 Å². The fourth-order valence-electron chi connectivity index (χ4n) is 2.69. The van der Waals surface area contributed by atoms with Crippen LogP contribution in [0.4, 0.5) is 0 Å². The minimum Gasteiger partial charge on any atom is -0.361 e. The van der Waals surface area contributed by atoms with Crippen LogP contribution in [-0.4, -0.2) is 39.3 Å². The molecule has 1 fully saturated rings. The Bertz CT molecular complexity index is 616. The van der Waals surface area contributed by atoms with E-state index in [2.05, 4.69) is 15.4 Å². The zero-order valence-electron chi connectivity index (χ0n) is 11.7. The third-order valence-corrected chi connectivity index (χ3v) is 3.88. The quantitative estimate of drug-likeness (QED) is 0.927. The predicted molar refractivity (Wildman–Crippen MR) is 72.5 cm³/mol. The zero-order chi connectivity index (χ0) is 14.1. The molecule has 2 aromatic rings. The Labute approximate surface area is 117 Å². The van der Waals surface area contributed by atoms with Crippen LogP contribution >= 0.6 is 0 Å². The standard InChI is InChI=1S/C14H18N4O2/c1-3-11-6-12(17-20-11)14(19)18-5-4-10(8-18)13-9(2)7-15-16-13/h6-7,10H,3-5,8H2,1-2H3,(H,15,16)/t10-/m1/s1. The fraction of sp³-hybridized carbons (Fsp3) is 0.500. The van der Waals surface area contributed by atoms with Crippen LogP contribution in [0, 0.1) is 6.92 Å². The SMILES string of the molecule is CCc1cc(C(=O)N2CC[C@@H](c3[nH]ncc3C)C2)no1. The first-order chi connectivity index (χ1) is 9.69. The van der Waals surface area contributed by atoms with E-state index < -0.39 is 0 Å². The van der Waals surface area contributed by atoms with Crippen LogP contribution < -0.4 is 0 Å². The normalized spacial score (nSPS) is 18.7. The van der Waals surface area contributed by atoms with E-state index in [1.165, 1.54) is 0 Å². The maximum Gasteiger partial charge on any atom is 0.276 e. The molecule has 1 aliphatic rings. The summed E-state index contributed by atoms with van der Waals surface area (Å²) in [7, 11) is 0. The predicted octanol–water partition coefficient (Wildman–Crippen LogP) is 1.90. The number of amides is 1. The number of aromatic nitrogens is 3. The Morgan fingerprint density at radius 1 is 1.60 bits per heavy atom. The van der Waals surface area contributed by atoms with Crippen molar-refractivity contribution < 1.29 is 9.32 Å². The van der Waals surface area contributed by atoms with E-state index in [9.17, 15) is 4.79 Å². The lowest BCUT2D eigenvalue weighted by Crippen LogP contribution is -2.28. The Kier molecular flexibility index (Phi) is 3.30. The minimum absolute atomic E-state index is 0.0480. The van der Waals surface area contributed by atoms with Crippen molar-refractivity contribution in [2.45, 2.75) is 32.6 Å². The number of carbonyl (C=O) groups is 1. The number of nitrogens with zero attached hydrogens (tertiary/aromatic N) is 3. The summed E-state index contributed by atoms with van der Waals surface area (Å²) in [6.07, 6.45) is 3.52. The van der Waals surface area contributed by atoms with E-state index in [4.69, 9.17) is 4.52 Å². The smallest absolute Gasteiger partial charge is 0.276 e. The molecule has 0 radical (unpaired) electrons. The van der Waals surface area contributed by atoms with E-state index in [1.807, 2.05) is 24.9 Å². The summed E-state index contributed by atoms with van der Waals surface area (Å²) < 4.78 is 5.10. The highest BCUT2D eigenvalue weighted by molar-refractivity contribution is 5.92. The molecule has 0 unspecified atom stereocenters. The lowest BCUT2D eigenvalue weighted by atomic mass is 10.0. The molecule has 0 bridgehead atoms. The molecule has 1 amide bonds. The second-order valence-electron chi connectivity index (χ2n) is 5.24. The summed E-state index contributed by atoms with van der Waals surface area (Å²) in [4.78, 5) is 14.2. The van der Waals surface area contributed by atoms with Gasteiger partial charge in [0.2, 0.25) is 0 Å². The van der Waals surface area contributed by atoms with Crippen molar-refractivity contribution >= 4 is 5.91 Å². The number of aromatic amines is 1. The molecule has 3 heterocycles. The maximum atomic E-state index is 12.4. The van der Waals surface area contributed by atoms with Gasteiger partial charge in [-0.05, 0) is 18.9 Å². The zero-order valence-corrected chi connectivity index (χ0v) is 11.7. The van der Waals surface area contributed by atoms with Gasteiger partial charge < -0.3 is 9.42 Å². The molecule has 6 nitrogen and oxygen atoms in total. The first kappa shape index (κ1) is 12.9. The molecule has 1 aliphatic heterocycles. The van der Waals surface area contributed by atoms with Crippen LogP contribution in [0.5, 0.6) is 0 Å². The highest BCUT2D eigenvalue weighted by Gasteiger charge is 2.30. The van der Waals surface area contributed by atoms with Gasteiger partial charge in [0.1, 0.15) is 5.76 Å². The van der Waals surface area contributed by atoms with Crippen LogP contribution in [0.1, 0.15) is 46.8 Å². The fourth-order valence-corrected chi connectivity index (χ4v) is 2.69. The maximum absolute atomic E-state index is 12.4. The summed E-state index contributed by atoms with van der Waals surface area (Å²) in [6.45, 7) is 5.46. The molecule has 1 N–H and O–H groups in total. The van der Waals surface area contributed by atoms with Gasteiger partial charge in [-0.2, -0.15) is 5.10 Å². The molecule has 1 saturated heterocycles. The Hall–Kier alpha value is -2.11. The number of aryl methyl sites for hydroxylation is 2. The van der Waals surface area contributed by atoms with Crippen molar-refractivity contribution in [3.63, 3.8) is 0 Å². The summed E-state index contributed by atoms with van der Waals surface area (Å²) >= 11 is 0. The number of carbonyl (C=O) groups excluding carboxylic acids is 1. The lowest BCUT2D eigenvalue weighted by molar-refractivity contribution is 0.0780. The van der Waals surface area contributed by atoms with E-state index in [-0.39, 0.29) is 5.91 Å². The van der Waals surface area contributed by atoms with Crippen molar-refractivity contribution in [2.75, 3.05) is 13.1 Å². The molecule has 6 heteroatoms. The molecular weight excluding hydrogens is 256 g/mol. The second kappa shape index (κ2) is 5.11. The Morgan fingerprint density at radius 2 is 2.45 bits per heavy atom. The summed E-state index contributed by atoms with van der Waals surface area (Å²) in [5.74, 6) is 1.03. The molecule has 3 rings (SSSR count). The molecule has 0 aromatic carbocycles. The molecule has 0 aliphatic carbocycles. The highest BCUT2D eigenvalue weighted by atomic mass is 16.5. The van der Waals surface area contributed by atoms with Gasteiger partial charge in [-0.15, -0.1) is 0 Å². The van der Waals surface area contributed by atoms with E-state index in [0.29, 0.717) is 18.2 Å². The van der Waals surface area contributed by atoms with Crippen LogP contribution in [0.3, 0.4) is 0 Å². The van der Waals surface area contributed by atoms with Gasteiger partial charge in [-0.25, -0.2) is 0 Å². The number of rotatable bonds is 3. The van der Waals surface area contributed by atoms with Crippen molar-refractivity contribution in [3.05, 3.63) is 35.0 Å². The van der Waals surface area contributed by atoms with Gasteiger partial charge in [0.05, 0.1) is 6.20 Å². The third kappa shape index (κ3) is 2.21. The number of H-pyrrole nitrogens is 1. The van der Waals surface area contributed by atoms with Gasteiger partial charge in [-0.1, -0.05) is 12.1 Å². The number of nitrogens with one attached hydrogen (secondary N) is 1. The molecule has 106 valence electrons. The largest absolute Gasteiger partial charge is 0.361 e. The molecule has 0 saturated carbocycles. The molecule has 2 aromatic heterocycles. The van der Waals surface area contributed by atoms with Crippen molar-refractivity contribution in [3.8, 4) is 0 Å². The first-order valence-electron chi connectivity index (χ1n) is 6.93. The second-order valence-corrected chi connectivity index (χ2v) is 5.24. The van der Waals surface area contributed by atoms with Crippen LogP contribution in [0.15, 0.2) is 16.8 Å². The summed E-state index contributed by atoms with van der Waals surface area (Å²) in [6, 6.07) is 1.73. The van der Waals surface area contributed by atoms with Crippen molar-refractivity contribution in [2.24, 2.45) is 0 Å². The van der Waals surface area contributed by atoms with Gasteiger partial charge >= 0.3 is 0 Å². The summed E-state index contributed by atoms with van der Waals surface area (Å²) in [5.41, 5.74) is 2.69. The molecule has 20 heavy (non-hydrogen) atoms. The van der Waals surface area contributed by atoms with Gasteiger partial charge in [0.25, 0.3) is 5.91 Å². The molecule has 0 spiro atoms. The van der Waals surface area contributed by atoms with E-state index in [1.54, 1.807) is 6.07 Å². The summed E-state index contributed by atoms with van der Waals surface area (Å²) in [5, 5.41) is 10.9. The van der Waals surface area contributed by atoms with Crippen molar-refractivity contribution in [1.29, 1.82) is 0 Å². The van der Waals surface area contributed by atoms with Gasteiger partial charge in [0.15, 0.2) is 5.69 Å². The molecular formula is C14H18N4O2. The first-order valence-corrected chi connectivity index (χ1v) is 6.93. The van der Waals surface area contributed by atoms with E-state index >= 15 is 0 Å². The van der Waals surface area contributed by atoms with Gasteiger partial charge in [0, 0.05) is 37.2 Å². The highest BCUT2D eigenvalue weighted by Crippen LogP contribution is 2.28.